The normalized spacial score (nSPS) is 31.3. The van der Waals surface area contributed by atoms with E-state index in [-0.39, 0.29) is 24.1 Å². The second kappa shape index (κ2) is 11.1. The molecule has 6 nitrogen and oxygen atoms in total. The maximum Gasteiger partial charge on any atom is 0.338 e. The van der Waals surface area contributed by atoms with Gasteiger partial charge in [-0.2, -0.15) is 0 Å². The van der Waals surface area contributed by atoms with Crippen LogP contribution in [-0.2, 0) is 9.47 Å². The third-order valence-corrected chi connectivity index (χ3v) is 8.68. The van der Waals surface area contributed by atoms with Crippen LogP contribution in [0.15, 0.2) is 60.7 Å². The fraction of sp³-hybridized carbons (Fsp3) is 0.533. The quantitative estimate of drug-likeness (QED) is 0.566. The van der Waals surface area contributed by atoms with Gasteiger partial charge in [-0.1, -0.05) is 36.4 Å². The average Bonchev–Trinajstić information content (AvgIpc) is 3.23. The molecular formula is C30H38N2O4. The number of carbonyl (C=O) groups is 2. The Morgan fingerprint density at radius 2 is 0.889 bits per heavy atom. The summed E-state index contributed by atoms with van der Waals surface area (Å²) < 4.78 is 11.3. The van der Waals surface area contributed by atoms with Gasteiger partial charge in [0.25, 0.3) is 0 Å². The van der Waals surface area contributed by atoms with Gasteiger partial charge in [0.15, 0.2) is 0 Å². The molecule has 0 N–H and O–H groups in total. The van der Waals surface area contributed by atoms with Gasteiger partial charge in [-0.05, 0) is 64.0 Å². The molecule has 4 saturated heterocycles. The molecule has 0 aromatic heterocycles. The second-order valence-corrected chi connectivity index (χ2v) is 10.8. The molecule has 36 heavy (non-hydrogen) atoms. The van der Waals surface area contributed by atoms with Gasteiger partial charge in [0.2, 0.25) is 0 Å². The molecule has 4 aliphatic rings. The van der Waals surface area contributed by atoms with E-state index in [2.05, 4.69) is 23.9 Å². The molecule has 6 rings (SSSR count). The molecule has 0 amide bonds. The van der Waals surface area contributed by atoms with Gasteiger partial charge < -0.3 is 19.3 Å². The number of hydrogen-bond acceptors (Lipinski definition) is 6. The van der Waals surface area contributed by atoms with E-state index in [1.54, 1.807) is 0 Å². The molecule has 2 aromatic carbocycles. The number of nitrogens with zero attached hydrogens (tertiary/aromatic N) is 2. The minimum atomic E-state index is -0.176. The number of esters is 2. The first-order valence-corrected chi connectivity index (χ1v) is 13.4. The van der Waals surface area contributed by atoms with E-state index < -0.39 is 0 Å². The summed E-state index contributed by atoms with van der Waals surface area (Å²) in [6.45, 7) is 0. The summed E-state index contributed by atoms with van der Waals surface area (Å²) in [6, 6.07) is 21.0. The van der Waals surface area contributed by atoms with Crippen LogP contribution in [-0.4, -0.2) is 72.2 Å². The van der Waals surface area contributed by atoms with Crippen molar-refractivity contribution in [2.24, 2.45) is 0 Å². The fourth-order valence-corrected chi connectivity index (χ4v) is 6.50. The van der Waals surface area contributed by atoms with Crippen molar-refractivity contribution in [3.8, 4) is 0 Å². The predicted octanol–water partition coefficient (Wildman–Crippen LogP) is 4.94. The largest absolute Gasteiger partial charge is 0.459 e. The number of benzene rings is 2. The smallest absolute Gasteiger partial charge is 0.338 e. The van der Waals surface area contributed by atoms with Crippen molar-refractivity contribution in [1.29, 1.82) is 0 Å². The standard InChI is InChI=1S/2C15H19NO2/c2*1-16-12-7-8-13(16)10-14(9-12)18-15(17)11-5-3-2-4-6-11/h2*2-6,12-14H,7-10H2,1H3/t2*12-,13+,14?. The van der Waals surface area contributed by atoms with Crippen molar-refractivity contribution < 1.29 is 19.1 Å². The van der Waals surface area contributed by atoms with Crippen molar-refractivity contribution in [1.82, 2.24) is 9.80 Å². The number of hydrogen-bond donors (Lipinski definition) is 0. The van der Waals surface area contributed by atoms with Crippen LogP contribution >= 0.6 is 0 Å². The van der Waals surface area contributed by atoms with Crippen LogP contribution < -0.4 is 0 Å². The van der Waals surface area contributed by atoms with E-state index in [4.69, 9.17) is 9.47 Å². The van der Waals surface area contributed by atoms with Gasteiger partial charge in [-0.15, -0.1) is 0 Å². The monoisotopic (exact) mass is 490 g/mol. The van der Waals surface area contributed by atoms with E-state index in [9.17, 15) is 9.59 Å². The molecular weight excluding hydrogens is 452 g/mol. The molecule has 192 valence electrons. The number of rotatable bonds is 4. The van der Waals surface area contributed by atoms with Crippen molar-refractivity contribution in [3.05, 3.63) is 71.8 Å². The van der Waals surface area contributed by atoms with Gasteiger partial charge in [0, 0.05) is 49.9 Å². The zero-order chi connectivity index (χ0) is 25.1. The van der Waals surface area contributed by atoms with Crippen molar-refractivity contribution in [3.63, 3.8) is 0 Å². The Bertz CT molecular complexity index is 918. The summed E-state index contributed by atoms with van der Waals surface area (Å²) in [4.78, 5) is 28.9. The molecule has 4 heterocycles. The summed E-state index contributed by atoms with van der Waals surface area (Å²) in [5.41, 5.74) is 1.31. The summed E-state index contributed by atoms with van der Waals surface area (Å²) in [7, 11) is 4.38. The summed E-state index contributed by atoms with van der Waals surface area (Å²) in [5.74, 6) is -0.353. The molecule has 4 aliphatic heterocycles. The van der Waals surface area contributed by atoms with E-state index >= 15 is 0 Å². The molecule has 6 atom stereocenters. The SMILES string of the molecule is CN1[C@@H]2CC[C@H]1CC(OC(=O)c1ccccc1)C2.CN1[C@@H]2CC[C@H]1CC(OC(=O)c1ccccc1)C2. The number of carbonyl (C=O) groups excluding carboxylic acids is 2. The van der Waals surface area contributed by atoms with Crippen molar-refractivity contribution >= 4 is 11.9 Å². The highest BCUT2D eigenvalue weighted by Gasteiger charge is 2.41. The molecule has 0 saturated carbocycles. The molecule has 2 aromatic rings. The van der Waals surface area contributed by atoms with Crippen LogP contribution in [0.5, 0.6) is 0 Å². The highest BCUT2D eigenvalue weighted by molar-refractivity contribution is 5.89. The van der Waals surface area contributed by atoms with Crippen molar-refractivity contribution in [2.75, 3.05) is 14.1 Å². The Morgan fingerprint density at radius 3 is 1.19 bits per heavy atom. The maximum absolute atomic E-state index is 12.0. The zero-order valence-corrected chi connectivity index (χ0v) is 21.4. The Morgan fingerprint density at radius 1 is 0.583 bits per heavy atom. The minimum Gasteiger partial charge on any atom is -0.459 e. The zero-order valence-electron chi connectivity index (χ0n) is 21.4. The lowest BCUT2D eigenvalue weighted by atomic mass is 10.0. The minimum absolute atomic E-state index is 0.103. The first-order valence-electron chi connectivity index (χ1n) is 13.4. The van der Waals surface area contributed by atoms with Crippen LogP contribution in [0.3, 0.4) is 0 Å². The predicted molar refractivity (Wildman–Crippen MR) is 139 cm³/mol. The first kappa shape index (κ1) is 25.0. The lowest BCUT2D eigenvalue weighted by molar-refractivity contribution is -0.00130. The van der Waals surface area contributed by atoms with E-state index in [1.165, 1.54) is 25.7 Å². The third kappa shape index (κ3) is 5.65. The highest BCUT2D eigenvalue weighted by atomic mass is 16.5. The second-order valence-electron chi connectivity index (χ2n) is 10.8. The molecule has 6 heteroatoms. The summed E-state index contributed by atoms with van der Waals surface area (Å²) in [6.07, 6.45) is 9.18. The fourth-order valence-electron chi connectivity index (χ4n) is 6.50. The number of piperidine rings is 2. The van der Waals surface area contributed by atoms with E-state index in [0.717, 1.165) is 25.7 Å². The molecule has 4 fully saturated rings. The lowest BCUT2D eigenvalue weighted by Crippen LogP contribution is -2.43. The maximum atomic E-state index is 12.0. The van der Waals surface area contributed by atoms with E-state index in [1.807, 2.05) is 60.7 Å². The van der Waals surface area contributed by atoms with Gasteiger partial charge in [0.1, 0.15) is 12.2 Å². The Kier molecular flexibility index (Phi) is 7.73. The van der Waals surface area contributed by atoms with Crippen molar-refractivity contribution in [2.45, 2.75) is 87.7 Å². The molecule has 4 bridgehead atoms. The number of fused-ring (bicyclic) bond motifs is 4. The lowest BCUT2D eigenvalue weighted by Gasteiger charge is -2.35. The van der Waals surface area contributed by atoms with E-state index in [0.29, 0.717) is 35.3 Å². The average molecular weight is 491 g/mol. The third-order valence-electron chi connectivity index (χ3n) is 8.68. The topological polar surface area (TPSA) is 59.1 Å². The van der Waals surface area contributed by atoms with Gasteiger partial charge in [-0.25, -0.2) is 9.59 Å². The van der Waals surface area contributed by atoms with Gasteiger partial charge in [0.05, 0.1) is 11.1 Å². The van der Waals surface area contributed by atoms with Crippen LogP contribution in [0.2, 0.25) is 0 Å². The van der Waals surface area contributed by atoms with Gasteiger partial charge >= 0.3 is 11.9 Å². The summed E-state index contributed by atoms with van der Waals surface area (Å²) >= 11 is 0. The Balaban J connectivity index is 0.000000148. The number of ether oxygens (including phenoxy) is 2. The summed E-state index contributed by atoms with van der Waals surface area (Å²) in [5, 5.41) is 0. The molecule has 0 spiro atoms. The van der Waals surface area contributed by atoms with Crippen LogP contribution in [0.4, 0.5) is 0 Å². The van der Waals surface area contributed by atoms with Crippen LogP contribution in [0, 0.1) is 0 Å². The molecule has 0 aliphatic carbocycles. The first-order chi connectivity index (χ1) is 17.5. The Labute approximate surface area is 214 Å². The van der Waals surface area contributed by atoms with Gasteiger partial charge in [-0.3, -0.25) is 0 Å². The van der Waals surface area contributed by atoms with Crippen LogP contribution in [0.25, 0.3) is 0 Å². The van der Waals surface area contributed by atoms with Crippen LogP contribution in [0.1, 0.15) is 72.1 Å². The molecule has 0 radical (unpaired) electrons. The molecule has 2 unspecified atom stereocenters. The Hall–Kier alpha value is -2.70. The highest BCUT2D eigenvalue weighted by Crippen LogP contribution is 2.36.